The number of sulfonamides is 1. The van der Waals surface area contributed by atoms with Crippen LogP contribution in [0.25, 0.3) is 0 Å². The molecule has 0 saturated carbocycles. The van der Waals surface area contributed by atoms with Gasteiger partial charge < -0.3 is 5.32 Å². The Balaban J connectivity index is 1.75. The molecule has 1 saturated heterocycles. The van der Waals surface area contributed by atoms with Crippen LogP contribution in [0.15, 0.2) is 53.4 Å². The summed E-state index contributed by atoms with van der Waals surface area (Å²) in [4.78, 5) is 12.3. The summed E-state index contributed by atoms with van der Waals surface area (Å²) in [5.41, 5.74) is -0.719. The van der Waals surface area contributed by atoms with E-state index in [2.05, 4.69) is 5.32 Å². The van der Waals surface area contributed by atoms with Crippen molar-refractivity contribution in [1.82, 2.24) is 4.31 Å². The number of rotatable bonds is 4. The first-order valence-corrected chi connectivity index (χ1v) is 9.71. The molecule has 1 N–H and O–H groups in total. The number of nitrogens with zero attached hydrogens (tertiary/aromatic N) is 1. The maximum atomic E-state index is 12.7. The lowest BCUT2D eigenvalue weighted by Gasteiger charge is -2.15. The minimum Gasteiger partial charge on any atom is -0.322 e. The van der Waals surface area contributed by atoms with Gasteiger partial charge >= 0.3 is 6.18 Å². The molecule has 144 valence electrons. The highest BCUT2D eigenvalue weighted by atomic mass is 32.2. The number of carbonyl (C=O) groups is 1. The number of hydrogen-bond acceptors (Lipinski definition) is 3. The molecule has 27 heavy (non-hydrogen) atoms. The molecule has 1 aliphatic heterocycles. The Morgan fingerprint density at radius 2 is 1.63 bits per heavy atom. The zero-order chi connectivity index (χ0) is 19.7. The summed E-state index contributed by atoms with van der Waals surface area (Å²) in [6.45, 7) is 0.945. The largest absolute Gasteiger partial charge is 0.416 e. The molecule has 3 rings (SSSR count). The van der Waals surface area contributed by atoms with Crippen LogP contribution in [0.2, 0.25) is 0 Å². The molecule has 2 aromatic carbocycles. The lowest BCUT2D eigenvalue weighted by molar-refractivity contribution is -0.137. The Bertz CT molecular complexity index is 935. The van der Waals surface area contributed by atoms with Gasteiger partial charge in [0.05, 0.1) is 10.5 Å². The molecule has 1 amide bonds. The fraction of sp³-hybridized carbons (Fsp3) is 0.278. The van der Waals surface area contributed by atoms with E-state index in [0.29, 0.717) is 13.1 Å². The number of halogens is 3. The smallest absolute Gasteiger partial charge is 0.322 e. The number of alkyl halides is 3. The zero-order valence-corrected chi connectivity index (χ0v) is 15.0. The molecule has 0 spiro atoms. The van der Waals surface area contributed by atoms with Crippen molar-refractivity contribution in [2.45, 2.75) is 23.9 Å². The summed E-state index contributed by atoms with van der Waals surface area (Å²) in [5.74, 6) is -0.626. The van der Waals surface area contributed by atoms with Gasteiger partial charge in [-0.15, -0.1) is 0 Å². The van der Waals surface area contributed by atoms with Gasteiger partial charge in [-0.3, -0.25) is 4.79 Å². The third kappa shape index (κ3) is 4.30. The van der Waals surface area contributed by atoms with Gasteiger partial charge in [0.15, 0.2) is 0 Å². The quantitative estimate of drug-likeness (QED) is 0.853. The van der Waals surface area contributed by atoms with Gasteiger partial charge in [-0.1, -0.05) is 6.07 Å². The maximum absolute atomic E-state index is 12.7. The molecule has 9 heteroatoms. The van der Waals surface area contributed by atoms with E-state index in [0.717, 1.165) is 25.0 Å². The van der Waals surface area contributed by atoms with Crippen LogP contribution >= 0.6 is 0 Å². The van der Waals surface area contributed by atoms with E-state index in [-0.39, 0.29) is 16.1 Å². The van der Waals surface area contributed by atoms with Crippen molar-refractivity contribution in [1.29, 1.82) is 0 Å². The van der Waals surface area contributed by atoms with E-state index in [4.69, 9.17) is 0 Å². The average molecular weight is 398 g/mol. The van der Waals surface area contributed by atoms with E-state index in [1.165, 1.54) is 40.7 Å². The van der Waals surface area contributed by atoms with Gasteiger partial charge in [0, 0.05) is 24.3 Å². The molecule has 1 fully saturated rings. The van der Waals surface area contributed by atoms with Gasteiger partial charge in [-0.25, -0.2) is 8.42 Å². The van der Waals surface area contributed by atoms with Crippen LogP contribution < -0.4 is 5.32 Å². The van der Waals surface area contributed by atoms with E-state index in [1.807, 2.05) is 0 Å². The van der Waals surface area contributed by atoms with Crippen molar-refractivity contribution < 1.29 is 26.4 Å². The predicted octanol–water partition coefficient (Wildman–Crippen LogP) is 3.74. The van der Waals surface area contributed by atoms with E-state index in [9.17, 15) is 26.4 Å². The van der Waals surface area contributed by atoms with Gasteiger partial charge in [-0.05, 0) is 55.3 Å². The van der Waals surface area contributed by atoms with Crippen molar-refractivity contribution in [2.24, 2.45) is 0 Å². The Hall–Kier alpha value is -2.39. The summed E-state index contributed by atoms with van der Waals surface area (Å²) in [6, 6.07) is 9.63. The maximum Gasteiger partial charge on any atom is 0.416 e. The lowest BCUT2D eigenvalue weighted by Crippen LogP contribution is -2.27. The number of carbonyl (C=O) groups excluding carboxylic acids is 1. The second-order valence-electron chi connectivity index (χ2n) is 6.17. The Labute approximate surface area is 154 Å². The minimum absolute atomic E-state index is 0.00332. The summed E-state index contributed by atoms with van der Waals surface area (Å²) < 4.78 is 64.5. The van der Waals surface area contributed by atoms with Crippen molar-refractivity contribution in [2.75, 3.05) is 18.4 Å². The average Bonchev–Trinajstić information content (AvgIpc) is 3.17. The molecule has 0 radical (unpaired) electrons. The van der Waals surface area contributed by atoms with Gasteiger partial charge in [0.1, 0.15) is 0 Å². The van der Waals surface area contributed by atoms with Crippen LogP contribution in [-0.2, 0) is 16.2 Å². The van der Waals surface area contributed by atoms with Gasteiger partial charge in [0.25, 0.3) is 5.91 Å². The molecule has 1 aliphatic rings. The van der Waals surface area contributed by atoms with Crippen molar-refractivity contribution in [3.8, 4) is 0 Å². The number of hydrogen-bond donors (Lipinski definition) is 1. The molecule has 0 aromatic heterocycles. The highest BCUT2D eigenvalue weighted by molar-refractivity contribution is 7.89. The third-order valence-electron chi connectivity index (χ3n) is 4.27. The molecule has 0 aliphatic carbocycles. The Kier molecular flexibility index (Phi) is 5.25. The highest BCUT2D eigenvalue weighted by Gasteiger charge is 2.30. The summed E-state index contributed by atoms with van der Waals surface area (Å²) in [7, 11) is -3.59. The number of benzene rings is 2. The van der Waals surface area contributed by atoms with Crippen molar-refractivity contribution in [3.63, 3.8) is 0 Å². The first-order valence-electron chi connectivity index (χ1n) is 8.27. The summed E-state index contributed by atoms with van der Waals surface area (Å²) >= 11 is 0. The number of nitrogens with one attached hydrogen (secondary N) is 1. The van der Waals surface area contributed by atoms with Crippen LogP contribution in [0, 0.1) is 0 Å². The fourth-order valence-electron chi connectivity index (χ4n) is 2.83. The normalized spacial score (nSPS) is 15.7. The predicted molar refractivity (Wildman–Crippen MR) is 93.8 cm³/mol. The number of anilines is 1. The van der Waals surface area contributed by atoms with Crippen LogP contribution in [0.4, 0.5) is 18.9 Å². The van der Waals surface area contributed by atoms with Gasteiger partial charge in [-0.2, -0.15) is 17.5 Å². The Morgan fingerprint density at radius 1 is 1.00 bits per heavy atom. The van der Waals surface area contributed by atoms with E-state index >= 15 is 0 Å². The summed E-state index contributed by atoms with van der Waals surface area (Å²) in [6.07, 6.45) is -2.88. The van der Waals surface area contributed by atoms with Crippen molar-refractivity contribution in [3.05, 3.63) is 59.7 Å². The topological polar surface area (TPSA) is 66.5 Å². The molecule has 2 aromatic rings. The second-order valence-corrected chi connectivity index (χ2v) is 8.11. The van der Waals surface area contributed by atoms with Crippen LogP contribution in [0.5, 0.6) is 0 Å². The third-order valence-corrected chi connectivity index (χ3v) is 6.18. The lowest BCUT2D eigenvalue weighted by atomic mass is 10.1. The molecule has 0 unspecified atom stereocenters. The standard InChI is InChI=1S/C18H17F3N2O3S/c19-18(20,21)14-4-3-5-15(12-14)22-17(24)13-6-8-16(9-7-13)27(25,26)23-10-1-2-11-23/h3-9,12H,1-2,10-11H2,(H,22,24). The molecule has 5 nitrogen and oxygen atoms in total. The highest BCUT2D eigenvalue weighted by Crippen LogP contribution is 2.30. The summed E-state index contributed by atoms with van der Waals surface area (Å²) in [5, 5.41) is 2.39. The fourth-order valence-corrected chi connectivity index (χ4v) is 4.35. The molecular weight excluding hydrogens is 381 g/mol. The molecule has 1 heterocycles. The SMILES string of the molecule is O=C(Nc1cccc(C(F)(F)F)c1)c1ccc(S(=O)(=O)N2CCCC2)cc1. The number of amides is 1. The van der Waals surface area contributed by atoms with Crippen LogP contribution in [0.1, 0.15) is 28.8 Å². The first kappa shape index (κ1) is 19.4. The van der Waals surface area contributed by atoms with Crippen molar-refractivity contribution >= 4 is 21.6 Å². The van der Waals surface area contributed by atoms with Crippen LogP contribution in [0.3, 0.4) is 0 Å². The second kappa shape index (κ2) is 7.32. The molecule has 0 atom stereocenters. The minimum atomic E-state index is -4.51. The van der Waals surface area contributed by atoms with E-state index < -0.39 is 27.7 Å². The first-order chi connectivity index (χ1) is 12.7. The van der Waals surface area contributed by atoms with E-state index in [1.54, 1.807) is 0 Å². The molecular formula is C18H17F3N2O3S. The monoisotopic (exact) mass is 398 g/mol. The molecule has 0 bridgehead atoms. The Morgan fingerprint density at radius 3 is 2.22 bits per heavy atom. The van der Waals surface area contributed by atoms with Crippen LogP contribution in [-0.4, -0.2) is 31.7 Å². The zero-order valence-electron chi connectivity index (χ0n) is 14.2. The van der Waals surface area contributed by atoms with Gasteiger partial charge in [0.2, 0.25) is 10.0 Å².